The van der Waals surface area contributed by atoms with Gasteiger partial charge in [-0.25, -0.2) is 9.18 Å². The van der Waals surface area contributed by atoms with Crippen molar-refractivity contribution in [3.05, 3.63) is 77.2 Å². The van der Waals surface area contributed by atoms with E-state index in [0.29, 0.717) is 12.1 Å². The highest BCUT2D eigenvalue weighted by molar-refractivity contribution is 5.79. The summed E-state index contributed by atoms with van der Waals surface area (Å²) in [7, 11) is 0. The van der Waals surface area contributed by atoms with Crippen molar-refractivity contribution in [3.8, 4) is 6.07 Å². The normalized spacial score (nSPS) is 10.2. The summed E-state index contributed by atoms with van der Waals surface area (Å²) in [5, 5.41) is 15.1. The highest BCUT2D eigenvalue weighted by Crippen LogP contribution is 2.13. The minimum absolute atomic E-state index is 0.00876. The maximum Gasteiger partial charge on any atom is 0.315 e. The number of urea groups is 1. The molecule has 0 atom stereocenters. The maximum absolute atomic E-state index is 13.7. The molecule has 0 saturated heterocycles. The predicted octanol–water partition coefficient (Wildman–Crippen LogP) is 3.24. The van der Waals surface area contributed by atoms with E-state index >= 15 is 0 Å². The Morgan fingerprint density at radius 1 is 1.12 bits per heavy atom. The number of carbonyl (C=O) groups excluding carboxylic acids is 1. The summed E-state index contributed by atoms with van der Waals surface area (Å²) >= 11 is 0. The average Bonchev–Trinajstić information content (AvgIpc) is 2.65. The van der Waals surface area contributed by atoms with Gasteiger partial charge >= 0.3 is 6.03 Å². The lowest BCUT2D eigenvalue weighted by Crippen LogP contribution is -2.34. The van der Waals surface area contributed by atoms with Gasteiger partial charge in [-0.2, -0.15) is 5.26 Å². The smallest absolute Gasteiger partial charge is 0.315 e. The number of hydrogen-bond acceptors (Lipinski definition) is 3. The fraction of sp³-hybridized carbons (Fsp3) is 0.105. The predicted molar refractivity (Wildman–Crippen MR) is 91.9 cm³/mol. The first kappa shape index (κ1) is 16.4. The topological polar surface area (TPSA) is 77.8 Å². The standard InChI is InChI=1S/C19H15FN4O/c20-17-5-3-13(10-21)8-16(17)12-24-19(25)23-11-14-4-6-18-15(9-14)2-1-7-22-18/h1-9H,11-12H2,(H2,23,24,25). The van der Waals surface area contributed by atoms with E-state index in [-0.39, 0.29) is 12.1 Å². The van der Waals surface area contributed by atoms with Crippen molar-refractivity contribution >= 4 is 16.9 Å². The molecule has 0 spiro atoms. The highest BCUT2D eigenvalue weighted by Gasteiger charge is 2.06. The van der Waals surface area contributed by atoms with Gasteiger partial charge in [-0.15, -0.1) is 0 Å². The van der Waals surface area contributed by atoms with Crippen molar-refractivity contribution in [1.82, 2.24) is 15.6 Å². The van der Waals surface area contributed by atoms with E-state index in [2.05, 4.69) is 15.6 Å². The quantitative estimate of drug-likeness (QED) is 0.769. The third-order valence-corrected chi connectivity index (χ3v) is 3.73. The first-order valence-electron chi connectivity index (χ1n) is 7.69. The summed E-state index contributed by atoms with van der Waals surface area (Å²) in [5.41, 5.74) is 2.45. The monoisotopic (exact) mass is 334 g/mol. The molecule has 6 heteroatoms. The van der Waals surface area contributed by atoms with Crippen LogP contribution < -0.4 is 10.6 Å². The number of carbonyl (C=O) groups is 1. The van der Waals surface area contributed by atoms with Crippen molar-refractivity contribution in [2.75, 3.05) is 0 Å². The Bertz CT molecular complexity index is 965. The van der Waals surface area contributed by atoms with Crippen LogP contribution in [0.25, 0.3) is 10.9 Å². The second kappa shape index (κ2) is 7.41. The molecular weight excluding hydrogens is 319 g/mol. The number of rotatable bonds is 4. The van der Waals surface area contributed by atoms with Gasteiger partial charge in [0.2, 0.25) is 0 Å². The number of fused-ring (bicyclic) bond motifs is 1. The number of nitrogens with one attached hydrogen (secondary N) is 2. The summed E-state index contributed by atoms with van der Waals surface area (Å²) < 4.78 is 13.7. The molecule has 0 radical (unpaired) electrons. The lowest BCUT2D eigenvalue weighted by molar-refractivity contribution is 0.240. The lowest BCUT2D eigenvalue weighted by atomic mass is 10.1. The van der Waals surface area contributed by atoms with E-state index in [1.165, 1.54) is 18.2 Å². The number of nitriles is 1. The SMILES string of the molecule is N#Cc1ccc(F)c(CNC(=O)NCc2ccc3ncccc3c2)c1. The zero-order chi connectivity index (χ0) is 17.6. The Hall–Kier alpha value is -3.46. The number of nitrogens with zero attached hydrogens (tertiary/aromatic N) is 2. The molecule has 2 amide bonds. The number of halogens is 1. The fourth-order valence-electron chi connectivity index (χ4n) is 2.44. The van der Waals surface area contributed by atoms with Crippen molar-refractivity contribution in [1.29, 1.82) is 5.26 Å². The first-order chi connectivity index (χ1) is 12.2. The molecule has 0 fully saturated rings. The van der Waals surface area contributed by atoms with Crippen LogP contribution in [-0.2, 0) is 13.1 Å². The molecular formula is C19H15FN4O. The van der Waals surface area contributed by atoms with Gasteiger partial charge in [0.15, 0.2) is 0 Å². The molecule has 0 aliphatic heterocycles. The van der Waals surface area contributed by atoms with Crippen molar-refractivity contribution < 1.29 is 9.18 Å². The zero-order valence-corrected chi connectivity index (χ0v) is 13.3. The molecule has 5 nitrogen and oxygen atoms in total. The van der Waals surface area contributed by atoms with Gasteiger partial charge in [-0.1, -0.05) is 12.1 Å². The van der Waals surface area contributed by atoms with Crippen LogP contribution in [0.15, 0.2) is 54.7 Å². The van der Waals surface area contributed by atoms with E-state index in [0.717, 1.165) is 16.5 Å². The van der Waals surface area contributed by atoms with Gasteiger partial charge in [0, 0.05) is 30.2 Å². The Labute approximate surface area is 144 Å². The van der Waals surface area contributed by atoms with E-state index in [1.54, 1.807) is 6.20 Å². The lowest BCUT2D eigenvalue weighted by Gasteiger charge is -2.09. The van der Waals surface area contributed by atoms with Gasteiger partial charge < -0.3 is 10.6 Å². The summed E-state index contributed by atoms with van der Waals surface area (Å²) in [6.07, 6.45) is 1.73. The Balaban J connectivity index is 1.56. The van der Waals surface area contributed by atoms with Crippen LogP contribution in [0.1, 0.15) is 16.7 Å². The van der Waals surface area contributed by atoms with Crippen LogP contribution in [0.2, 0.25) is 0 Å². The van der Waals surface area contributed by atoms with Crippen molar-refractivity contribution in [3.63, 3.8) is 0 Å². The van der Waals surface area contributed by atoms with E-state index in [4.69, 9.17) is 5.26 Å². The van der Waals surface area contributed by atoms with Gasteiger partial charge in [-0.3, -0.25) is 4.98 Å². The molecule has 2 aromatic carbocycles. The van der Waals surface area contributed by atoms with Crippen LogP contribution in [0.3, 0.4) is 0 Å². The Kier molecular flexibility index (Phi) is 4.86. The van der Waals surface area contributed by atoms with E-state index in [9.17, 15) is 9.18 Å². The highest BCUT2D eigenvalue weighted by atomic mass is 19.1. The largest absolute Gasteiger partial charge is 0.334 e. The van der Waals surface area contributed by atoms with Crippen LogP contribution in [0.5, 0.6) is 0 Å². The van der Waals surface area contributed by atoms with Crippen LogP contribution in [-0.4, -0.2) is 11.0 Å². The molecule has 3 aromatic rings. The number of benzene rings is 2. The molecule has 0 unspecified atom stereocenters. The molecule has 1 heterocycles. The maximum atomic E-state index is 13.7. The fourth-order valence-corrected chi connectivity index (χ4v) is 2.44. The number of pyridine rings is 1. The molecule has 0 saturated carbocycles. The molecule has 25 heavy (non-hydrogen) atoms. The van der Waals surface area contributed by atoms with Gasteiger partial charge in [0.05, 0.1) is 17.1 Å². The number of hydrogen-bond donors (Lipinski definition) is 2. The molecule has 0 bridgehead atoms. The van der Waals surface area contributed by atoms with Crippen molar-refractivity contribution in [2.24, 2.45) is 0 Å². The second-order valence-electron chi connectivity index (χ2n) is 5.48. The Morgan fingerprint density at radius 2 is 1.96 bits per heavy atom. The van der Waals surface area contributed by atoms with Crippen LogP contribution in [0.4, 0.5) is 9.18 Å². The summed E-state index contributed by atoms with van der Waals surface area (Å²) in [4.78, 5) is 16.1. The minimum atomic E-state index is -0.457. The van der Waals surface area contributed by atoms with E-state index < -0.39 is 11.8 Å². The molecule has 2 N–H and O–H groups in total. The molecule has 3 rings (SSSR count). The van der Waals surface area contributed by atoms with Crippen LogP contribution >= 0.6 is 0 Å². The van der Waals surface area contributed by atoms with Gasteiger partial charge in [0.25, 0.3) is 0 Å². The summed E-state index contributed by atoms with van der Waals surface area (Å²) in [6, 6.07) is 15.1. The summed E-state index contributed by atoms with van der Waals surface area (Å²) in [5.74, 6) is -0.457. The number of aromatic nitrogens is 1. The molecule has 0 aliphatic rings. The second-order valence-corrected chi connectivity index (χ2v) is 5.48. The van der Waals surface area contributed by atoms with Crippen molar-refractivity contribution in [2.45, 2.75) is 13.1 Å². The summed E-state index contributed by atoms with van der Waals surface area (Å²) in [6.45, 7) is 0.353. The molecule has 1 aromatic heterocycles. The third-order valence-electron chi connectivity index (χ3n) is 3.73. The molecule has 0 aliphatic carbocycles. The Morgan fingerprint density at radius 3 is 2.80 bits per heavy atom. The van der Waals surface area contributed by atoms with Gasteiger partial charge in [-0.05, 0) is 42.0 Å². The number of amides is 2. The third kappa shape index (κ3) is 4.09. The van der Waals surface area contributed by atoms with Crippen LogP contribution in [0, 0.1) is 17.1 Å². The average molecular weight is 334 g/mol. The first-order valence-corrected chi connectivity index (χ1v) is 7.69. The zero-order valence-electron chi connectivity index (χ0n) is 13.3. The van der Waals surface area contributed by atoms with Gasteiger partial charge in [0.1, 0.15) is 5.82 Å². The van der Waals surface area contributed by atoms with E-state index in [1.807, 2.05) is 36.4 Å². The minimum Gasteiger partial charge on any atom is -0.334 e. The molecule has 124 valence electrons.